The van der Waals surface area contributed by atoms with Gasteiger partial charge in [-0.25, -0.2) is 0 Å². The van der Waals surface area contributed by atoms with Crippen LogP contribution in [0.5, 0.6) is 5.75 Å². The van der Waals surface area contributed by atoms with E-state index in [1.807, 2.05) is 18.2 Å². The van der Waals surface area contributed by atoms with Gasteiger partial charge in [-0.2, -0.15) is 0 Å². The normalized spacial score (nSPS) is 20.4. The van der Waals surface area contributed by atoms with Crippen LogP contribution in [0.15, 0.2) is 18.2 Å². The topological polar surface area (TPSA) is 68.0 Å². The van der Waals surface area contributed by atoms with Crippen LogP contribution in [0.25, 0.3) is 0 Å². The molecule has 1 aliphatic rings. The molecule has 5 nitrogen and oxygen atoms in total. The van der Waals surface area contributed by atoms with Gasteiger partial charge in [0.25, 0.3) is 0 Å². The number of nitrogens with zero attached hydrogens (tertiary/aromatic N) is 1. The van der Waals surface area contributed by atoms with Crippen molar-refractivity contribution >= 4 is 11.4 Å². The van der Waals surface area contributed by atoms with Gasteiger partial charge in [0.2, 0.25) is 0 Å². The molecule has 2 rings (SSSR count). The first kappa shape index (κ1) is 12.0. The molecule has 1 aliphatic heterocycles. The Balaban J connectivity index is 2.25. The number of hydrogen-bond donors (Lipinski definition) is 2. The van der Waals surface area contributed by atoms with E-state index in [0.717, 1.165) is 12.2 Å². The number of aliphatic hydroxyl groups is 1. The van der Waals surface area contributed by atoms with Gasteiger partial charge in [-0.15, -0.1) is 0 Å². The van der Waals surface area contributed by atoms with Crippen LogP contribution in [0.1, 0.15) is 0 Å². The Bertz CT molecular complexity index is 384. The predicted molar refractivity (Wildman–Crippen MR) is 66.4 cm³/mol. The number of benzene rings is 1. The number of hydrogen-bond acceptors (Lipinski definition) is 5. The quantitative estimate of drug-likeness (QED) is 0.749. The molecule has 1 heterocycles. The average molecular weight is 238 g/mol. The molecular weight excluding hydrogens is 220 g/mol. The van der Waals surface area contributed by atoms with Gasteiger partial charge in [0.1, 0.15) is 5.75 Å². The first-order valence-electron chi connectivity index (χ1n) is 5.65. The lowest BCUT2D eigenvalue weighted by Gasteiger charge is -2.36. The Morgan fingerprint density at radius 1 is 1.59 bits per heavy atom. The third kappa shape index (κ3) is 2.45. The molecule has 17 heavy (non-hydrogen) atoms. The van der Waals surface area contributed by atoms with Crippen LogP contribution in [0.4, 0.5) is 11.4 Å². The lowest BCUT2D eigenvalue weighted by atomic mass is 10.1. The molecule has 0 spiro atoms. The fourth-order valence-electron chi connectivity index (χ4n) is 2.02. The highest BCUT2D eigenvalue weighted by molar-refractivity contribution is 5.62. The molecule has 0 radical (unpaired) electrons. The number of nitrogen functional groups attached to an aromatic ring is 1. The minimum absolute atomic E-state index is 0.00270. The largest absolute Gasteiger partial charge is 0.495 e. The number of aliphatic hydroxyl groups excluding tert-OH is 1. The van der Waals surface area contributed by atoms with E-state index in [4.69, 9.17) is 15.2 Å². The smallest absolute Gasteiger partial charge is 0.143 e. The highest BCUT2D eigenvalue weighted by Gasteiger charge is 2.23. The van der Waals surface area contributed by atoms with E-state index < -0.39 is 0 Å². The Hall–Kier alpha value is -1.46. The van der Waals surface area contributed by atoms with Crippen LogP contribution >= 0.6 is 0 Å². The number of anilines is 2. The summed E-state index contributed by atoms with van der Waals surface area (Å²) < 4.78 is 10.5. The minimum atomic E-state index is -0.00270. The molecule has 0 aliphatic carbocycles. The Morgan fingerprint density at radius 3 is 3.12 bits per heavy atom. The lowest BCUT2D eigenvalue weighted by Crippen LogP contribution is -2.47. The summed E-state index contributed by atoms with van der Waals surface area (Å²) in [5, 5.41) is 9.33. The van der Waals surface area contributed by atoms with E-state index in [-0.39, 0.29) is 12.6 Å². The molecule has 0 aromatic heterocycles. The van der Waals surface area contributed by atoms with Crippen LogP contribution in [0.2, 0.25) is 0 Å². The standard InChI is InChI=1S/C12H18N2O3/c1-16-12-6-9(2-3-11(12)13)14-4-5-17-8-10(14)7-15/h2-3,6,10,15H,4-5,7-8,13H2,1H3. The summed E-state index contributed by atoms with van der Waals surface area (Å²) in [6, 6.07) is 5.64. The molecule has 1 unspecified atom stereocenters. The molecule has 1 atom stereocenters. The number of morpholine rings is 1. The molecule has 0 saturated carbocycles. The van der Waals surface area contributed by atoms with E-state index in [0.29, 0.717) is 24.7 Å². The molecule has 0 bridgehead atoms. The maximum atomic E-state index is 9.33. The summed E-state index contributed by atoms with van der Waals surface area (Å²) in [5.41, 5.74) is 7.39. The molecule has 1 saturated heterocycles. The van der Waals surface area contributed by atoms with Crippen LogP contribution in [-0.4, -0.2) is 44.6 Å². The SMILES string of the molecule is COc1cc(N2CCOCC2CO)ccc1N. The highest BCUT2D eigenvalue weighted by Crippen LogP contribution is 2.29. The van der Waals surface area contributed by atoms with Gasteiger partial charge in [0, 0.05) is 18.3 Å². The van der Waals surface area contributed by atoms with Gasteiger partial charge in [-0.1, -0.05) is 0 Å². The summed E-state index contributed by atoms with van der Waals surface area (Å²) in [6.45, 7) is 2.05. The van der Waals surface area contributed by atoms with Crippen LogP contribution in [0.3, 0.4) is 0 Å². The predicted octanol–water partition coefficient (Wildman–Crippen LogP) is 0.475. The van der Waals surface area contributed by atoms with Gasteiger partial charge in [0.15, 0.2) is 0 Å². The van der Waals surface area contributed by atoms with Crippen molar-refractivity contribution < 1.29 is 14.6 Å². The Kier molecular flexibility index (Phi) is 3.71. The Labute approximate surface area is 101 Å². The zero-order valence-corrected chi connectivity index (χ0v) is 9.93. The second kappa shape index (κ2) is 5.25. The van der Waals surface area contributed by atoms with Crippen molar-refractivity contribution in [1.29, 1.82) is 0 Å². The van der Waals surface area contributed by atoms with Crippen molar-refractivity contribution in [3.05, 3.63) is 18.2 Å². The molecule has 3 N–H and O–H groups in total. The first-order valence-corrected chi connectivity index (χ1v) is 5.65. The van der Waals surface area contributed by atoms with Gasteiger partial charge in [0.05, 0.1) is 38.7 Å². The summed E-state index contributed by atoms with van der Waals surface area (Å²) >= 11 is 0. The highest BCUT2D eigenvalue weighted by atomic mass is 16.5. The average Bonchev–Trinajstić information content (AvgIpc) is 2.39. The fourth-order valence-corrected chi connectivity index (χ4v) is 2.02. The van der Waals surface area contributed by atoms with Crippen molar-refractivity contribution in [3.63, 3.8) is 0 Å². The van der Waals surface area contributed by atoms with Crippen molar-refractivity contribution in [2.45, 2.75) is 6.04 Å². The zero-order valence-electron chi connectivity index (χ0n) is 9.93. The maximum absolute atomic E-state index is 9.33. The number of methoxy groups -OCH3 is 1. The van der Waals surface area contributed by atoms with E-state index in [2.05, 4.69) is 4.90 Å². The molecule has 1 fully saturated rings. The molecule has 0 amide bonds. The maximum Gasteiger partial charge on any atom is 0.143 e. The van der Waals surface area contributed by atoms with E-state index in [1.165, 1.54) is 0 Å². The van der Waals surface area contributed by atoms with E-state index >= 15 is 0 Å². The fraction of sp³-hybridized carbons (Fsp3) is 0.500. The van der Waals surface area contributed by atoms with Crippen molar-refractivity contribution in [2.24, 2.45) is 0 Å². The van der Waals surface area contributed by atoms with E-state index in [1.54, 1.807) is 7.11 Å². The van der Waals surface area contributed by atoms with Crippen molar-refractivity contribution in [2.75, 3.05) is 44.1 Å². The summed E-state index contributed by atoms with van der Waals surface area (Å²) in [6.07, 6.45) is 0. The van der Waals surface area contributed by atoms with Crippen LogP contribution < -0.4 is 15.4 Å². The van der Waals surface area contributed by atoms with Gasteiger partial charge < -0.3 is 25.2 Å². The summed E-state index contributed by atoms with van der Waals surface area (Å²) in [5.74, 6) is 0.658. The number of ether oxygens (including phenoxy) is 2. The minimum Gasteiger partial charge on any atom is -0.495 e. The molecule has 94 valence electrons. The molecule has 1 aromatic rings. The van der Waals surface area contributed by atoms with Crippen LogP contribution in [0, 0.1) is 0 Å². The molecule has 5 heteroatoms. The van der Waals surface area contributed by atoms with Crippen molar-refractivity contribution in [1.82, 2.24) is 0 Å². The third-order valence-corrected chi connectivity index (χ3v) is 2.99. The molecular formula is C12H18N2O3. The number of nitrogens with two attached hydrogens (primary N) is 1. The Morgan fingerprint density at radius 2 is 2.41 bits per heavy atom. The van der Waals surface area contributed by atoms with E-state index in [9.17, 15) is 5.11 Å². The van der Waals surface area contributed by atoms with Gasteiger partial charge in [-0.05, 0) is 12.1 Å². The van der Waals surface area contributed by atoms with Crippen LogP contribution in [-0.2, 0) is 4.74 Å². The number of rotatable bonds is 3. The van der Waals surface area contributed by atoms with Gasteiger partial charge in [-0.3, -0.25) is 0 Å². The first-order chi connectivity index (χ1) is 8.26. The lowest BCUT2D eigenvalue weighted by molar-refractivity contribution is 0.0727. The monoisotopic (exact) mass is 238 g/mol. The second-order valence-electron chi connectivity index (χ2n) is 4.03. The summed E-state index contributed by atoms with van der Waals surface area (Å²) in [4.78, 5) is 2.12. The third-order valence-electron chi connectivity index (χ3n) is 2.99. The molecule has 1 aromatic carbocycles. The zero-order chi connectivity index (χ0) is 12.3. The van der Waals surface area contributed by atoms with Crippen molar-refractivity contribution in [3.8, 4) is 5.75 Å². The second-order valence-corrected chi connectivity index (χ2v) is 4.03. The summed E-state index contributed by atoms with van der Waals surface area (Å²) in [7, 11) is 1.60. The van der Waals surface area contributed by atoms with Gasteiger partial charge >= 0.3 is 0 Å².